The first kappa shape index (κ1) is 14.7. The van der Waals surface area contributed by atoms with E-state index in [1.807, 2.05) is 0 Å². The smallest absolute Gasteiger partial charge is 0.318 e. The number of urea groups is 1. The number of rotatable bonds is 3. The van der Waals surface area contributed by atoms with Gasteiger partial charge in [-0.25, -0.2) is 9.78 Å². The molecule has 1 aromatic rings. The molecule has 1 aliphatic rings. The fourth-order valence-electron chi connectivity index (χ4n) is 2.31. The number of amides is 2. The third-order valence-electron chi connectivity index (χ3n) is 3.48. The van der Waals surface area contributed by atoms with Gasteiger partial charge in [0.2, 0.25) is 0 Å². The van der Waals surface area contributed by atoms with Gasteiger partial charge in [0.15, 0.2) is 5.82 Å². The largest absolute Gasteiger partial charge is 0.393 e. The molecule has 0 spiro atoms. The van der Waals surface area contributed by atoms with Crippen molar-refractivity contribution >= 4 is 6.03 Å². The number of aryl methyl sites for hydroxylation is 1. The first-order chi connectivity index (χ1) is 9.43. The molecule has 2 heterocycles. The minimum atomic E-state index is -1.19. The van der Waals surface area contributed by atoms with Crippen molar-refractivity contribution in [3.63, 3.8) is 0 Å². The van der Waals surface area contributed by atoms with Crippen LogP contribution in [-0.2, 0) is 7.05 Å². The minimum Gasteiger partial charge on any atom is -0.393 e. The molecule has 1 saturated heterocycles. The number of β-amino-alcohol motifs (C(OH)–C–C–N with tert-alkyl or cyclic N) is 1. The Bertz CT molecular complexity index is 477. The second-order valence-electron chi connectivity index (χ2n) is 5.36. The van der Waals surface area contributed by atoms with Gasteiger partial charge >= 0.3 is 6.03 Å². The average Bonchev–Trinajstić information content (AvgIpc) is 2.85. The van der Waals surface area contributed by atoms with E-state index in [1.165, 1.54) is 4.90 Å². The fourth-order valence-corrected chi connectivity index (χ4v) is 2.31. The van der Waals surface area contributed by atoms with Gasteiger partial charge in [0.05, 0.1) is 19.2 Å². The van der Waals surface area contributed by atoms with Crippen LogP contribution in [0.1, 0.15) is 31.6 Å². The van der Waals surface area contributed by atoms with Crippen molar-refractivity contribution in [2.24, 2.45) is 7.05 Å². The second kappa shape index (κ2) is 5.76. The predicted molar refractivity (Wildman–Crippen MR) is 70.8 cm³/mol. The van der Waals surface area contributed by atoms with Gasteiger partial charge in [-0.2, -0.15) is 5.10 Å². The second-order valence-corrected chi connectivity index (χ2v) is 5.36. The Morgan fingerprint density at radius 1 is 1.65 bits per heavy atom. The van der Waals surface area contributed by atoms with Crippen molar-refractivity contribution in [1.82, 2.24) is 25.0 Å². The Morgan fingerprint density at radius 2 is 2.40 bits per heavy atom. The molecule has 0 radical (unpaired) electrons. The number of nitrogens with one attached hydrogen (secondary N) is 1. The van der Waals surface area contributed by atoms with E-state index >= 15 is 0 Å². The van der Waals surface area contributed by atoms with Crippen LogP contribution in [0.5, 0.6) is 0 Å². The summed E-state index contributed by atoms with van der Waals surface area (Å²) in [4.78, 5) is 17.8. The van der Waals surface area contributed by atoms with E-state index in [4.69, 9.17) is 0 Å². The quantitative estimate of drug-likeness (QED) is 0.687. The van der Waals surface area contributed by atoms with Crippen LogP contribution >= 0.6 is 0 Å². The van der Waals surface area contributed by atoms with E-state index in [-0.39, 0.29) is 25.2 Å². The van der Waals surface area contributed by atoms with E-state index < -0.39 is 5.60 Å². The van der Waals surface area contributed by atoms with Gasteiger partial charge in [0, 0.05) is 13.6 Å². The molecule has 3 N–H and O–H groups in total. The molecule has 2 amide bonds. The maximum absolute atomic E-state index is 12.2. The number of nitrogens with zero attached hydrogens (tertiary/aromatic N) is 4. The van der Waals surface area contributed by atoms with Crippen LogP contribution in [0, 0.1) is 0 Å². The van der Waals surface area contributed by atoms with E-state index in [1.54, 1.807) is 25.0 Å². The van der Waals surface area contributed by atoms with Crippen LogP contribution in [-0.4, -0.2) is 61.2 Å². The molecule has 20 heavy (non-hydrogen) atoms. The molecule has 112 valence electrons. The highest BCUT2D eigenvalue weighted by atomic mass is 16.3. The van der Waals surface area contributed by atoms with Crippen LogP contribution in [0.2, 0.25) is 0 Å². The predicted octanol–water partition coefficient (Wildman–Crippen LogP) is -0.595. The molecule has 0 bridgehead atoms. The molecular formula is C12H21N5O3. The zero-order valence-corrected chi connectivity index (χ0v) is 11.8. The topological polar surface area (TPSA) is 104 Å². The standard InChI is InChI=1S/C12H21N5O3/c1-9(10-13-8-16(2)15-10)14-11(19)17-5-3-4-12(20,6-17)7-18/h8-9,18,20H,3-7H2,1-2H3,(H,14,19). The molecular weight excluding hydrogens is 262 g/mol. The average molecular weight is 283 g/mol. The molecule has 1 aromatic heterocycles. The van der Waals surface area contributed by atoms with Crippen molar-refractivity contribution in [2.45, 2.75) is 31.4 Å². The number of aromatic nitrogens is 3. The molecule has 2 atom stereocenters. The van der Waals surface area contributed by atoms with Gasteiger partial charge in [-0.3, -0.25) is 4.68 Å². The molecule has 1 fully saturated rings. The SMILES string of the molecule is CC(NC(=O)N1CCCC(O)(CO)C1)c1ncn(C)n1. The molecule has 8 heteroatoms. The highest BCUT2D eigenvalue weighted by Gasteiger charge is 2.35. The third-order valence-corrected chi connectivity index (χ3v) is 3.48. The summed E-state index contributed by atoms with van der Waals surface area (Å²) in [5.41, 5.74) is -1.19. The van der Waals surface area contributed by atoms with Crippen LogP contribution < -0.4 is 5.32 Å². The van der Waals surface area contributed by atoms with Crippen molar-refractivity contribution < 1.29 is 15.0 Å². The monoisotopic (exact) mass is 283 g/mol. The van der Waals surface area contributed by atoms with Crippen LogP contribution in [0.4, 0.5) is 4.79 Å². The number of hydrogen-bond donors (Lipinski definition) is 3. The number of aliphatic hydroxyl groups excluding tert-OH is 1. The maximum Gasteiger partial charge on any atom is 0.318 e. The summed E-state index contributed by atoms with van der Waals surface area (Å²) in [6.07, 6.45) is 2.74. The Kier molecular flexibility index (Phi) is 4.24. The molecule has 2 unspecified atom stereocenters. The zero-order valence-electron chi connectivity index (χ0n) is 11.8. The number of likely N-dealkylation sites (tertiary alicyclic amines) is 1. The first-order valence-electron chi connectivity index (χ1n) is 6.68. The molecule has 0 aliphatic carbocycles. The molecule has 8 nitrogen and oxygen atoms in total. The number of aliphatic hydroxyl groups is 2. The van der Waals surface area contributed by atoms with Gasteiger partial charge < -0.3 is 20.4 Å². The Hall–Kier alpha value is -1.67. The van der Waals surface area contributed by atoms with E-state index in [2.05, 4.69) is 15.4 Å². The summed E-state index contributed by atoms with van der Waals surface area (Å²) >= 11 is 0. The normalized spacial score (nSPS) is 24.5. The zero-order chi connectivity index (χ0) is 14.8. The highest BCUT2D eigenvalue weighted by Crippen LogP contribution is 2.21. The number of carbonyl (C=O) groups excluding carboxylic acids is 1. The van der Waals surface area contributed by atoms with Gasteiger partial charge in [0.1, 0.15) is 11.9 Å². The molecule has 1 aliphatic heterocycles. The summed E-state index contributed by atoms with van der Waals surface area (Å²) in [6, 6.07) is -0.593. The third kappa shape index (κ3) is 3.26. The summed E-state index contributed by atoms with van der Waals surface area (Å²) in [7, 11) is 1.76. The van der Waals surface area contributed by atoms with Crippen LogP contribution in [0.25, 0.3) is 0 Å². The summed E-state index contributed by atoms with van der Waals surface area (Å²) < 4.78 is 1.57. The van der Waals surface area contributed by atoms with E-state index in [0.29, 0.717) is 25.2 Å². The highest BCUT2D eigenvalue weighted by molar-refractivity contribution is 5.74. The summed E-state index contributed by atoms with van der Waals surface area (Å²) in [5, 5.41) is 26.2. The van der Waals surface area contributed by atoms with Crippen LogP contribution in [0.15, 0.2) is 6.33 Å². The van der Waals surface area contributed by atoms with Gasteiger partial charge in [-0.15, -0.1) is 0 Å². The molecule has 0 saturated carbocycles. The molecule has 2 rings (SSSR count). The summed E-state index contributed by atoms with van der Waals surface area (Å²) in [5.74, 6) is 0.537. The van der Waals surface area contributed by atoms with Gasteiger partial charge in [0.25, 0.3) is 0 Å². The fraction of sp³-hybridized carbons (Fsp3) is 0.750. The number of carbonyl (C=O) groups is 1. The van der Waals surface area contributed by atoms with Crippen LogP contribution in [0.3, 0.4) is 0 Å². The van der Waals surface area contributed by atoms with Crippen molar-refractivity contribution in [3.05, 3.63) is 12.2 Å². The summed E-state index contributed by atoms with van der Waals surface area (Å²) in [6.45, 7) is 2.16. The lowest BCUT2D eigenvalue weighted by atomic mass is 9.94. The van der Waals surface area contributed by atoms with Crippen molar-refractivity contribution in [3.8, 4) is 0 Å². The van der Waals surface area contributed by atoms with E-state index in [0.717, 1.165) is 0 Å². The van der Waals surface area contributed by atoms with Crippen molar-refractivity contribution in [2.75, 3.05) is 19.7 Å². The Morgan fingerprint density at radius 3 is 3.00 bits per heavy atom. The number of hydrogen-bond acceptors (Lipinski definition) is 5. The van der Waals surface area contributed by atoms with Gasteiger partial charge in [-0.05, 0) is 19.8 Å². The lowest BCUT2D eigenvalue weighted by molar-refractivity contribution is -0.0570. The molecule has 0 aromatic carbocycles. The lowest BCUT2D eigenvalue weighted by Crippen LogP contribution is -2.54. The van der Waals surface area contributed by atoms with Gasteiger partial charge in [-0.1, -0.05) is 0 Å². The Balaban J connectivity index is 1.94. The minimum absolute atomic E-state index is 0.137. The first-order valence-corrected chi connectivity index (χ1v) is 6.68. The lowest BCUT2D eigenvalue weighted by Gasteiger charge is -2.38. The van der Waals surface area contributed by atoms with Crippen molar-refractivity contribution in [1.29, 1.82) is 0 Å². The Labute approximate surface area is 117 Å². The number of piperidine rings is 1. The maximum atomic E-state index is 12.2. The van der Waals surface area contributed by atoms with E-state index in [9.17, 15) is 15.0 Å².